The fourth-order valence-electron chi connectivity index (χ4n) is 3.63. The first kappa shape index (κ1) is 26.7. The summed E-state index contributed by atoms with van der Waals surface area (Å²) in [6, 6.07) is 15.2. The zero-order chi connectivity index (χ0) is 25.6. The first-order valence-corrected chi connectivity index (χ1v) is 10.7. The van der Waals surface area contributed by atoms with Gasteiger partial charge in [0, 0.05) is 30.8 Å². The molecule has 1 heterocycles. The molecule has 10 heteroatoms. The largest absolute Gasteiger partial charge is 0.433 e. The highest BCUT2D eigenvalue weighted by Gasteiger charge is 2.37. The van der Waals surface area contributed by atoms with Crippen LogP contribution in [-0.2, 0) is 23.5 Å². The number of aromatic nitrogens is 1. The van der Waals surface area contributed by atoms with E-state index >= 15 is 0 Å². The number of hydrogen-bond donors (Lipinski definition) is 2. The van der Waals surface area contributed by atoms with Crippen molar-refractivity contribution in [3.05, 3.63) is 89.1 Å². The number of hydrogen-bond acceptors (Lipinski definition) is 4. The van der Waals surface area contributed by atoms with Gasteiger partial charge >= 0.3 is 12.4 Å². The van der Waals surface area contributed by atoms with E-state index in [0.29, 0.717) is 6.42 Å². The van der Waals surface area contributed by atoms with Crippen LogP contribution in [0.15, 0.2) is 66.7 Å². The number of ether oxygens (including phenoxy) is 1. The Morgan fingerprint density at radius 3 is 2.11 bits per heavy atom. The lowest BCUT2D eigenvalue weighted by Gasteiger charge is -2.22. The summed E-state index contributed by atoms with van der Waals surface area (Å²) in [4.78, 5) is 3.64. The summed E-state index contributed by atoms with van der Waals surface area (Å²) < 4.78 is 84.8. The van der Waals surface area contributed by atoms with Crippen LogP contribution in [0, 0.1) is 0 Å². The second-order valence-corrected chi connectivity index (χ2v) is 7.97. The summed E-state index contributed by atoms with van der Waals surface area (Å²) >= 11 is 0. The average Bonchev–Trinajstić information content (AvgIpc) is 2.82. The number of nitrogens with zero attached hydrogens (tertiary/aromatic N) is 1. The molecule has 0 radical (unpaired) electrons. The van der Waals surface area contributed by atoms with Crippen LogP contribution in [-0.4, -0.2) is 36.4 Å². The maximum atomic E-state index is 13.8. The Kier molecular flexibility index (Phi) is 8.52. The zero-order valence-corrected chi connectivity index (χ0v) is 18.7. The van der Waals surface area contributed by atoms with Gasteiger partial charge in [-0.05, 0) is 30.2 Å². The van der Waals surface area contributed by atoms with Crippen LogP contribution in [0.1, 0.15) is 28.5 Å². The third kappa shape index (κ3) is 7.27. The van der Waals surface area contributed by atoms with Gasteiger partial charge in [-0.2, -0.15) is 26.3 Å². The quantitative estimate of drug-likeness (QED) is 0.374. The lowest BCUT2D eigenvalue weighted by molar-refractivity contribution is -0.142. The molecule has 1 unspecified atom stereocenters. The van der Waals surface area contributed by atoms with Crippen LogP contribution in [0.4, 0.5) is 26.3 Å². The number of aliphatic hydroxyl groups is 1. The molecule has 0 aliphatic carbocycles. The molecule has 1 aromatic heterocycles. The lowest BCUT2D eigenvalue weighted by Crippen LogP contribution is -2.38. The van der Waals surface area contributed by atoms with Gasteiger partial charge in [-0.15, -0.1) is 0 Å². The Balaban J connectivity index is 1.80. The van der Waals surface area contributed by atoms with Gasteiger partial charge in [-0.25, -0.2) is 4.98 Å². The number of alkyl halides is 6. The predicted molar refractivity (Wildman–Crippen MR) is 118 cm³/mol. The first-order valence-electron chi connectivity index (χ1n) is 10.7. The molecular formula is C25H24F6N2O2. The SMILES string of the molecule is COCC(Cc1ccccc1)NC[C@H](O)c1ccc(-c2ccc(C(F)(F)F)cc2)nc1C(F)(F)F. The molecule has 0 spiro atoms. The minimum absolute atomic E-state index is 0.0886. The Hall–Kier alpha value is -2.95. The molecule has 3 rings (SSSR count). The summed E-state index contributed by atoms with van der Waals surface area (Å²) in [5.74, 6) is 0. The Morgan fingerprint density at radius 1 is 0.886 bits per heavy atom. The number of halogens is 6. The number of aliphatic hydroxyl groups excluding tert-OH is 1. The van der Waals surface area contributed by atoms with Gasteiger partial charge in [-0.3, -0.25) is 0 Å². The number of benzene rings is 2. The van der Waals surface area contributed by atoms with Gasteiger partial charge in [0.2, 0.25) is 0 Å². The van der Waals surface area contributed by atoms with E-state index in [1.807, 2.05) is 30.3 Å². The van der Waals surface area contributed by atoms with E-state index in [1.165, 1.54) is 13.2 Å². The molecule has 0 amide bonds. The second kappa shape index (κ2) is 11.2. The van der Waals surface area contributed by atoms with Crippen LogP contribution in [0.25, 0.3) is 11.3 Å². The monoisotopic (exact) mass is 498 g/mol. The van der Waals surface area contributed by atoms with Crippen molar-refractivity contribution in [3.63, 3.8) is 0 Å². The van der Waals surface area contributed by atoms with E-state index in [0.717, 1.165) is 35.9 Å². The molecule has 188 valence electrons. The van der Waals surface area contributed by atoms with Crippen molar-refractivity contribution in [1.82, 2.24) is 10.3 Å². The molecule has 0 saturated carbocycles. The van der Waals surface area contributed by atoms with E-state index < -0.39 is 35.3 Å². The molecular weight excluding hydrogens is 474 g/mol. The molecule has 0 fully saturated rings. The van der Waals surface area contributed by atoms with Gasteiger partial charge in [-0.1, -0.05) is 48.5 Å². The predicted octanol–water partition coefficient (Wildman–Crippen LogP) is 5.67. The molecule has 0 aliphatic heterocycles. The average molecular weight is 498 g/mol. The van der Waals surface area contributed by atoms with E-state index in [9.17, 15) is 31.4 Å². The molecule has 2 N–H and O–H groups in total. The molecule has 4 nitrogen and oxygen atoms in total. The second-order valence-electron chi connectivity index (χ2n) is 7.97. The van der Waals surface area contributed by atoms with Crippen LogP contribution in [0.3, 0.4) is 0 Å². The van der Waals surface area contributed by atoms with Crippen LogP contribution in [0.5, 0.6) is 0 Å². The molecule has 3 aromatic rings. The topological polar surface area (TPSA) is 54.4 Å². The maximum Gasteiger partial charge on any atom is 0.433 e. The van der Waals surface area contributed by atoms with E-state index in [4.69, 9.17) is 4.74 Å². The molecule has 35 heavy (non-hydrogen) atoms. The Morgan fingerprint density at radius 2 is 1.54 bits per heavy atom. The van der Waals surface area contributed by atoms with Gasteiger partial charge < -0.3 is 15.2 Å². The van der Waals surface area contributed by atoms with Gasteiger partial charge in [0.25, 0.3) is 0 Å². The van der Waals surface area contributed by atoms with E-state index in [1.54, 1.807) is 0 Å². The van der Waals surface area contributed by atoms with Crippen molar-refractivity contribution in [3.8, 4) is 11.3 Å². The summed E-state index contributed by atoms with van der Waals surface area (Å²) in [5.41, 5.74) is -1.72. The van der Waals surface area contributed by atoms with Gasteiger partial charge in [0.1, 0.15) is 0 Å². The third-order valence-corrected chi connectivity index (χ3v) is 5.35. The summed E-state index contributed by atoms with van der Waals surface area (Å²) in [7, 11) is 1.50. The molecule has 0 bridgehead atoms. The number of rotatable bonds is 9. The van der Waals surface area contributed by atoms with E-state index in [-0.39, 0.29) is 30.5 Å². The summed E-state index contributed by atoms with van der Waals surface area (Å²) in [6.07, 6.45) is -10.4. The summed E-state index contributed by atoms with van der Waals surface area (Å²) in [6.45, 7) is 0.0874. The first-order chi connectivity index (χ1) is 16.5. The maximum absolute atomic E-state index is 13.8. The molecule has 0 saturated heterocycles. The van der Waals surface area contributed by atoms with Crippen LogP contribution >= 0.6 is 0 Å². The smallest absolute Gasteiger partial charge is 0.387 e. The standard InChI is InChI=1S/C25H24F6N2O2/c1-35-15-19(13-16-5-3-2-4-6-16)32-14-22(34)20-11-12-21(33-23(20)25(29,30)31)17-7-9-18(10-8-17)24(26,27)28/h2-12,19,22,32,34H,13-15H2,1H3/t19?,22-/m0/s1. The zero-order valence-electron chi connectivity index (χ0n) is 18.7. The molecule has 2 aromatic carbocycles. The minimum atomic E-state index is -4.88. The highest BCUT2D eigenvalue weighted by molar-refractivity contribution is 5.60. The Labute approximate surface area is 198 Å². The lowest BCUT2D eigenvalue weighted by atomic mass is 10.0. The normalized spacial score (nSPS) is 14.1. The van der Waals surface area contributed by atoms with E-state index in [2.05, 4.69) is 10.3 Å². The van der Waals surface area contributed by atoms with Crippen molar-refractivity contribution in [2.75, 3.05) is 20.3 Å². The molecule has 2 atom stereocenters. The highest BCUT2D eigenvalue weighted by atomic mass is 19.4. The van der Waals surface area contributed by atoms with Crippen LogP contribution in [0.2, 0.25) is 0 Å². The van der Waals surface area contributed by atoms with Crippen molar-refractivity contribution in [1.29, 1.82) is 0 Å². The number of methoxy groups -OCH3 is 1. The van der Waals surface area contributed by atoms with Gasteiger partial charge in [0.05, 0.1) is 24.0 Å². The number of pyridine rings is 1. The Bertz CT molecular complexity index is 1090. The van der Waals surface area contributed by atoms with Crippen molar-refractivity contribution >= 4 is 0 Å². The van der Waals surface area contributed by atoms with Crippen molar-refractivity contribution in [2.45, 2.75) is 30.9 Å². The minimum Gasteiger partial charge on any atom is -0.387 e. The highest BCUT2D eigenvalue weighted by Crippen LogP contribution is 2.36. The fourth-order valence-corrected chi connectivity index (χ4v) is 3.63. The fraction of sp³-hybridized carbons (Fsp3) is 0.320. The molecule has 0 aliphatic rings. The van der Waals surface area contributed by atoms with Crippen molar-refractivity contribution in [2.24, 2.45) is 0 Å². The van der Waals surface area contributed by atoms with Crippen molar-refractivity contribution < 1.29 is 36.2 Å². The third-order valence-electron chi connectivity index (χ3n) is 5.35. The summed E-state index contributed by atoms with van der Waals surface area (Å²) in [5, 5.41) is 13.6. The number of nitrogens with one attached hydrogen (secondary N) is 1. The van der Waals surface area contributed by atoms with Crippen LogP contribution < -0.4 is 5.32 Å². The van der Waals surface area contributed by atoms with Gasteiger partial charge in [0.15, 0.2) is 5.69 Å².